The molecule has 1 fully saturated rings. The lowest BCUT2D eigenvalue weighted by atomic mass is 9.87. The molecule has 1 saturated carbocycles. The normalized spacial score (nSPS) is 22.6. The average molecular weight is 317 g/mol. The third kappa shape index (κ3) is 3.78. The van der Waals surface area contributed by atoms with E-state index in [1.165, 1.54) is 12.1 Å². The molecule has 0 heterocycles. The third-order valence-corrected chi connectivity index (χ3v) is 4.33. The number of carbonyl (C=O) groups excluding carboxylic acids is 1. The molecule has 0 radical (unpaired) electrons. The summed E-state index contributed by atoms with van der Waals surface area (Å²) in [5.74, 6) is 0.210. The van der Waals surface area contributed by atoms with Crippen LogP contribution in [-0.2, 0) is 0 Å². The van der Waals surface area contributed by atoms with Gasteiger partial charge in [0.05, 0.1) is 21.8 Å². The average Bonchev–Trinajstić information content (AvgIpc) is 2.43. The van der Waals surface area contributed by atoms with Crippen LogP contribution < -0.4 is 11.1 Å². The van der Waals surface area contributed by atoms with Gasteiger partial charge in [-0.25, -0.2) is 0 Å². The van der Waals surface area contributed by atoms with Crippen LogP contribution in [0.4, 0.5) is 5.69 Å². The van der Waals surface area contributed by atoms with E-state index in [1.807, 2.05) is 0 Å². The van der Waals surface area contributed by atoms with Crippen LogP contribution in [0.1, 0.15) is 36.0 Å². The molecule has 0 bridgehead atoms. The lowest BCUT2D eigenvalue weighted by molar-refractivity contribution is 0.0910. The van der Waals surface area contributed by atoms with Gasteiger partial charge in [0.1, 0.15) is 0 Å². The number of amides is 1. The summed E-state index contributed by atoms with van der Waals surface area (Å²) >= 11 is 11.8. The minimum absolute atomic E-state index is 0.184. The van der Waals surface area contributed by atoms with Crippen LogP contribution in [0.3, 0.4) is 0 Å². The standard InChI is InChI=1S/C14H18Cl2N2O2/c15-11-5-9(6-12(16)13(11)17)14(20)18-7-8-1-3-10(19)4-2-8/h5-6,8,10,19H,1-4,7,17H2,(H,18,20). The van der Waals surface area contributed by atoms with Crippen molar-refractivity contribution in [2.24, 2.45) is 5.92 Å². The molecule has 2 rings (SSSR count). The van der Waals surface area contributed by atoms with Crippen molar-refractivity contribution in [3.05, 3.63) is 27.7 Å². The second kappa shape index (κ2) is 6.66. The summed E-state index contributed by atoms with van der Waals surface area (Å²) in [4.78, 5) is 12.0. The molecule has 110 valence electrons. The Bertz CT molecular complexity index is 477. The van der Waals surface area contributed by atoms with E-state index in [0.29, 0.717) is 18.0 Å². The Morgan fingerprint density at radius 2 is 1.80 bits per heavy atom. The van der Waals surface area contributed by atoms with E-state index < -0.39 is 0 Å². The molecule has 4 N–H and O–H groups in total. The maximum Gasteiger partial charge on any atom is 0.251 e. The first-order valence-corrected chi connectivity index (χ1v) is 7.43. The van der Waals surface area contributed by atoms with Crippen LogP contribution in [0, 0.1) is 5.92 Å². The zero-order valence-electron chi connectivity index (χ0n) is 11.0. The largest absolute Gasteiger partial charge is 0.396 e. The van der Waals surface area contributed by atoms with Gasteiger partial charge in [-0.05, 0) is 43.7 Å². The van der Waals surface area contributed by atoms with Crippen LogP contribution in [-0.4, -0.2) is 23.7 Å². The highest BCUT2D eigenvalue weighted by Crippen LogP contribution is 2.29. The maximum atomic E-state index is 12.0. The van der Waals surface area contributed by atoms with Crippen molar-refractivity contribution in [2.75, 3.05) is 12.3 Å². The van der Waals surface area contributed by atoms with Gasteiger partial charge in [-0.2, -0.15) is 0 Å². The van der Waals surface area contributed by atoms with Crippen LogP contribution in [0.25, 0.3) is 0 Å². The predicted octanol–water partition coefficient (Wildman–Crippen LogP) is 2.86. The molecule has 1 aromatic carbocycles. The van der Waals surface area contributed by atoms with Crippen molar-refractivity contribution < 1.29 is 9.90 Å². The van der Waals surface area contributed by atoms with Crippen LogP contribution >= 0.6 is 23.2 Å². The first kappa shape index (κ1) is 15.4. The number of benzene rings is 1. The second-order valence-corrected chi connectivity index (χ2v) is 6.05. The van der Waals surface area contributed by atoms with E-state index in [1.54, 1.807) is 0 Å². The Morgan fingerprint density at radius 1 is 1.25 bits per heavy atom. The predicted molar refractivity (Wildman–Crippen MR) is 81.2 cm³/mol. The third-order valence-electron chi connectivity index (χ3n) is 3.71. The van der Waals surface area contributed by atoms with Crippen molar-refractivity contribution in [3.8, 4) is 0 Å². The van der Waals surface area contributed by atoms with Gasteiger partial charge in [-0.15, -0.1) is 0 Å². The number of aliphatic hydroxyl groups excluding tert-OH is 1. The summed E-state index contributed by atoms with van der Waals surface area (Å²) in [6, 6.07) is 3.03. The number of anilines is 1. The summed E-state index contributed by atoms with van der Waals surface area (Å²) < 4.78 is 0. The molecule has 0 saturated heterocycles. The fraction of sp³-hybridized carbons (Fsp3) is 0.500. The maximum absolute atomic E-state index is 12.0. The number of nitrogen functional groups attached to an aromatic ring is 1. The van der Waals surface area contributed by atoms with Crippen LogP contribution in [0.15, 0.2) is 12.1 Å². The van der Waals surface area contributed by atoms with Crippen LogP contribution in [0.2, 0.25) is 10.0 Å². The Hall–Kier alpha value is -0.970. The lowest BCUT2D eigenvalue weighted by Crippen LogP contribution is -2.32. The zero-order chi connectivity index (χ0) is 14.7. The molecule has 0 aromatic heterocycles. The number of halogens is 2. The van der Waals surface area contributed by atoms with Gasteiger partial charge in [-0.1, -0.05) is 23.2 Å². The first-order chi connectivity index (χ1) is 9.47. The van der Waals surface area contributed by atoms with Crippen molar-refractivity contribution in [1.29, 1.82) is 0 Å². The summed E-state index contributed by atoms with van der Waals surface area (Å²) in [6.07, 6.45) is 3.30. The van der Waals surface area contributed by atoms with Crippen molar-refractivity contribution in [3.63, 3.8) is 0 Å². The van der Waals surface area contributed by atoms with E-state index in [-0.39, 0.29) is 27.7 Å². The van der Waals surface area contributed by atoms with Gasteiger partial charge >= 0.3 is 0 Å². The summed E-state index contributed by atoms with van der Waals surface area (Å²) in [6.45, 7) is 0.602. The van der Waals surface area contributed by atoms with E-state index >= 15 is 0 Å². The molecule has 1 aromatic rings. The van der Waals surface area contributed by atoms with Gasteiger partial charge in [-0.3, -0.25) is 4.79 Å². The minimum atomic E-state index is -0.208. The van der Waals surface area contributed by atoms with Crippen LogP contribution in [0.5, 0.6) is 0 Å². The number of carbonyl (C=O) groups is 1. The number of hydrogen-bond acceptors (Lipinski definition) is 3. The molecule has 1 amide bonds. The van der Waals surface area contributed by atoms with E-state index in [9.17, 15) is 9.90 Å². The van der Waals surface area contributed by atoms with Gasteiger partial charge in [0.2, 0.25) is 0 Å². The molecule has 0 aliphatic heterocycles. The monoisotopic (exact) mass is 316 g/mol. The van der Waals surface area contributed by atoms with Gasteiger partial charge < -0.3 is 16.2 Å². The molecule has 1 aliphatic carbocycles. The van der Waals surface area contributed by atoms with Crippen molar-refractivity contribution in [2.45, 2.75) is 31.8 Å². The Kier molecular flexibility index (Phi) is 5.13. The Morgan fingerprint density at radius 3 is 2.35 bits per heavy atom. The Labute approximate surface area is 128 Å². The molecular formula is C14H18Cl2N2O2. The number of nitrogens with two attached hydrogens (primary N) is 1. The number of nitrogens with one attached hydrogen (secondary N) is 1. The second-order valence-electron chi connectivity index (χ2n) is 5.24. The molecule has 0 atom stereocenters. The minimum Gasteiger partial charge on any atom is -0.396 e. The molecule has 0 unspecified atom stereocenters. The number of rotatable bonds is 3. The highest BCUT2D eigenvalue weighted by molar-refractivity contribution is 6.39. The zero-order valence-corrected chi connectivity index (χ0v) is 12.5. The summed E-state index contributed by atoms with van der Waals surface area (Å²) in [7, 11) is 0. The topological polar surface area (TPSA) is 75.4 Å². The molecule has 4 nitrogen and oxygen atoms in total. The van der Waals surface area contributed by atoms with Crippen molar-refractivity contribution >= 4 is 34.8 Å². The number of hydrogen-bond donors (Lipinski definition) is 3. The van der Waals surface area contributed by atoms with Crippen molar-refractivity contribution in [1.82, 2.24) is 5.32 Å². The van der Waals surface area contributed by atoms with Gasteiger partial charge in [0.15, 0.2) is 0 Å². The highest BCUT2D eigenvalue weighted by atomic mass is 35.5. The molecular weight excluding hydrogens is 299 g/mol. The van der Waals surface area contributed by atoms with Gasteiger partial charge in [0.25, 0.3) is 5.91 Å². The fourth-order valence-corrected chi connectivity index (χ4v) is 2.89. The molecule has 1 aliphatic rings. The van der Waals surface area contributed by atoms with Gasteiger partial charge in [0, 0.05) is 12.1 Å². The molecule has 6 heteroatoms. The van der Waals surface area contributed by atoms with E-state index in [4.69, 9.17) is 28.9 Å². The first-order valence-electron chi connectivity index (χ1n) is 6.68. The highest BCUT2D eigenvalue weighted by Gasteiger charge is 2.20. The van der Waals surface area contributed by atoms with E-state index in [2.05, 4.69) is 5.32 Å². The molecule has 0 spiro atoms. The lowest BCUT2D eigenvalue weighted by Gasteiger charge is -2.25. The fourth-order valence-electron chi connectivity index (χ4n) is 2.40. The molecule has 20 heavy (non-hydrogen) atoms. The van der Waals surface area contributed by atoms with E-state index in [0.717, 1.165) is 25.7 Å². The quantitative estimate of drug-likeness (QED) is 0.750. The summed E-state index contributed by atoms with van der Waals surface area (Å²) in [5.41, 5.74) is 6.33. The SMILES string of the molecule is Nc1c(Cl)cc(C(=O)NCC2CCC(O)CC2)cc1Cl. The number of aliphatic hydroxyl groups is 1. The summed E-state index contributed by atoms with van der Waals surface area (Å²) in [5, 5.41) is 12.9. The smallest absolute Gasteiger partial charge is 0.251 e. The Balaban J connectivity index is 1.92.